The second-order valence-electron chi connectivity index (χ2n) is 7.84. The topological polar surface area (TPSA) is 62.1 Å². The van der Waals surface area contributed by atoms with Crippen molar-refractivity contribution in [3.8, 4) is 5.69 Å². The molecule has 2 fully saturated rings. The van der Waals surface area contributed by atoms with Crippen LogP contribution in [-0.4, -0.2) is 56.9 Å². The van der Waals surface area contributed by atoms with Gasteiger partial charge < -0.3 is 10.2 Å². The van der Waals surface area contributed by atoms with Crippen LogP contribution in [0.5, 0.6) is 0 Å². The number of rotatable bonds is 6. The third-order valence-electron chi connectivity index (χ3n) is 5.66. The number of anilines is 3. The Kier molecular flexibility index (Phi) is 5.23. The van der Waals surface area contributed by atoms with Gasteiger partial charge in [0.25, 0.3) is 6.43 Å². The maximum atomic E-state index is 13.5. The predicted molar refractivity (Wildman–Crippen MR) is 111 cm³/mol. The number of alkyl halides is 2. The lowest BCUT2D eigenvalue weighted by atomic mass is 10.1. The molecule has 1 aliphatic carbocycles. The van der Waals surface area contributed by atoms with E-state index in [9.17, 15) is 13.2 Å². The van der Waals surface area contributed by atoms with Gasteiger partial charge in [-0.1, -0.05) is 0 Å². The summed E-state index contributed by atoms with van der Waals surface area (Å²) in [6.07, 6.45) is 2.70. The first-order chi connectivity index (χ1) is 15.0. The molecule has 1 saturated carbocycles. The molecule has 0 amide bonds. The Bertz CT molecular complexity index is 1060. The van der Waals surface area contributed by atoms with Crippen molar-refractivity contribution in [3.63, 3.8) is 0 Å². The third kappa shape index (κ3) is 4.48. The summed E-state index contributed by atoms with van der Waals surface area (Å²) < 4.78 is 41.8. The highest BCUT2D eigenvalue weighted by Crippen LogP contribution is 2.32. The fourth-order valence-corrected chi connectivity index (χ4v) is 3.91. The van der Waals surface area contributed by atoms with Crippen LogP contribution in [0, 0.1) is 5.95 Å². The molecule has 1 N–H and O–H groups in total. The summed E-state index contributed by atoms with van der Waals surface area (Å²) in [5.41, 5.74) is 1.64. The Balaban J connectivity index is 1.35. The first kappa shape index (κ1) is 19.8. The van der Waals surface area contributed by atoms with E-state index in [1.54, 1.807) is 12.1 Å². The van der Waals surface area contributed by atoms with E-state index in [2.05, 4.69) is 30.2 Å². The van der Waals surface area contributed by atoms with Crippen LogP contribution < -0.4 is 10.2 Å². The molecule has 2 aromatic heterocycles. The SMILES string of the molecule is Fc1cc(-n2cnc(Nc3cc(C(F)F)cc(N4CCN(C5CC5)CC4)c3)n2)ccn1. The summed E-state index contributed by atoms with van der Waals surface area (Å²) in [5.74, 6) is -0.397. The van der Waals surface area contributed by atoms with Crippen LogP contribution in [-0.2, 0) is 0 Å². The highest BCUT2D eigenvalue weighted by molar-refractivity contribution is 5.64. The van der Waals surface area contributed by atoms with Crippen molar-refractivity contribution in [1.29, 1.82) is 0 Å². The van der Waals surface area contributed by atoms with E-state index >= 15 is 0 Å². The molecule has 0 unspecified atom stereocenters. The first-order valence-corrected chi connectivity index (χ1v) is 10.3. The quantitative estimate of drug-likeness (QED) is 0.602. The second kappa shape index (κ2) is 8.18. The molecule has 5 rings (SSSR count). The van der Waals surface area contributed by atoms with Gasteiger partial charge in [0.1, 0.15) is 6.33 Å². The normalized spacial score (nSPS) is 17.4. The zero-order chi connectivity index (χ0) is 21.4. The molecule has 0 spiro atoms. The monoisotopic (exact) mass is 429 g/mol. The predicted octanol–water partition coefficient (Wildman–Crippen LogP) is 3.77. The maximum Gasteiger partial charge on any atom is 0.263 e. The van der Waals surface area contributed by atoms with Gasteiger partial charge in [-0.2, -0.15) is 9.37 Å². The van der Waals surface area contributed by atoms with Crippen LogP contribution >= 0.6 is 0 Å². The number of nitrogens with one attached hydrogen (secondary N) is 1. The molecule has 1 aromatic carbocycles. The molecule has 10 heteroatoms. The Labute approximate surface area is 177 Å². The van der Waals surface area contributed by atoms with E-state index in [-0.39, 0.29) is 11.5 Å². The van der Waals surface area contributed by atoms with Crippen LogP contribution in [0.4, 0.5) is 30.5 Å². The van der Waals surface area contributed by atoms with E-state index in [1.165, 1.54) is 42.2 Å². The van der Waals surface area contributed by atoms with E-state index in [1.807, 2.05) is 6.07 Å². The maximum absolute atomic E-state index is 13.5. The molecule has 31 heavy (non-hydrogen) atoms. The van der Waals surface area contributed by atoms with E-state index < -0.39 is 12.4 Å². The standard InChI is InChI=1S/C21H22F3N7/c22-19-12-17(3-4-25-19)31-13-26-21(28-31)27-15-9-14(20(23)24)10-18(11-15)30-7-5-29(6-8-30)16-1-2-16/h3-4,9-13,16,20H,1-2,5-8H2,(H,27,28). The number of benzene rings is 1. The smallest absolute Gasteiger partial charge is 0.263 e. The number of hydrogen-bond donors (Lipinski definition) is 1. The van der Waals surface area contributed by atoms with Gasteiger partial charge in [-0.3, -0.25) is 4.90 Å². The summed E-state index contributed by atoms with van der Waals surface area (Å²) in [4.78, 5) is 12.3. The fraction of sp³-hybridized carbons (Fsp3) is 0.381. The molecule has 2 aliphatic rings. The van der Waals surface area contributed by atoms with Gasteiger partial charge in [-0.15, -0.1) is 5.10 Å². The number of piperazine rings is 1. The molecule has 0 atom stereocenters. The summed E-state index contributed by atoms with van der Waals surface area (Å²) in [7, 11) is 0. The third-order valence-corrected chi connectivity index (χ3v) is 5.66. The summed E-state index contributed by atoms with van der Waals surface area (Å²) in [5, 5.41) is 7.26. The van der Waals surface area contributed by atoms with Gasteiger partial charge in [0.15, 0.2) is 0 Å². The van der Waals surface area contributed by atoms with Crippen molar-refractivity contribution < 1.29 is 13.2 Å². The van der Waals surface area contributed by atoms with Gasteiger partial charge >= 0.3 is 0 Å². The molecule has 7 nitrogen and oxygen atoms in total. The number of halogens is 3. The van der Waals surface area contributed by atoms with Crippen molar-refractivity contribution in [2.75, 3.05) is 36.4 Å². The Morgan fingerprint density at radius 1 is 0.968 bits per heavy atom. The zero-order valence-corrected chi connectivity index (χ0v) is 16.8. The average Bonchev–Trinajstić information content (AvgIpc) is 3.52. The van der Waals surface area contributed by atoms with Gasteiger partial charge in [-0.25, -0.2) is 18.4 Å². The van der Waals surface area contributed by atoms with Gasteiger partial charge in [0.05, 0.1) is 5.69 Å². The minimum absolute atomic E-state index is 0.0553. The number of pyridine rings is 1. The molecular formula is C21H22F3N7. The van der Waals surface area contributed by atoms with Crippen molar-refractivity contribution in [2.45, 2.75) is 25.3 Å². The van der Waals surface area contributed by atoms with Gasteiger partial charge in [0, 0.05) is 61.4 Å². The Morgan fingerprint density at radius 3 is 2.48 bits per heavy atom. The van der Waals surface area contributed by atoms with E-state index in [4.69, 9.17) is 0 Å². The lowest BCUT2D eigenvalue weighted by molar-refractivity contribution is 0.151. The molecule has 0 radical (unpaired) electrons. The minimum Gasteiger partial charge on any atom is -0.369 e. The van der Waals surface area contributed by atoms with Gasteiger partial charge in [0.2, 0.25) is 11.9 Å². The highest BCUT2D eigenvalue weighted by Gasteiger charge is 2.31. The molecule has 1 saturated heterocycles. The van der Waals surface area contributed by atoms with Crippen LogP contribution in [0.1, 0.15) is 24.8 Å². The number of nitrogens with zero attached hydrogens (tertiary/aromatic N) is 6. The molecule has 3 aromatic rings. The molecular weight excluding hydrogens is 407 g/mol. The highest BCUT2D eigenvalue weighted by atomic mass is 19.3. The van der Waals surface area contributed by atoms with Crippen LogP contribution in [0.2, 0.25) is 0 Å². The van der Waals surface area contributed by atoms with Crippen molar-refractivity contribution in [1.82, 2.24) is 24.6 Å². The number of aromatic nitrogens is 4. The van der Waals surface area contributed by atoms with Crippen LogP contribution in [0.25, 0.3) is 5.69 Å². The number of hydrogen-bond acceptors (Lipinski definition) is 6. The van der Waals surface area contributed by atoms with Crippen molar-refractivity contribution >= 4 is 17.3 Å². The molecule has 1 aliphatic heterocycles. The fourth-order valence-electron chi connectivity index (χ4n) is 3.91. The van der Waals surface area contributed by atoms with E-state index in [0.29, 0.717) is 17.4 Å². The first-order valence-electron chi connectivity index (χ1n) is 10.3. The lowest BCUT2D eigenvalue weighted by Crippen LogP contribution is -2.47. The summed E-state index contributed by atoms with van der Waals surface area (Å²) in [6, 6.07) is 8.33. The lowest BCUT2D eigenvalue weighted by Gasteiger charge is -2.36. The Hall–Kier alpha value is -3.14. The van der Waals surface area contributed by atoms with Gasteiger partial charge in [-0.05, 0) is 37.1 Å². The minimum atomic E-state index is -2.58. The van der Waals surface area contributed by atoms with Crippen molar-refractivity contribution in [3.05, 3.63) is 54.4 Å². The molecule has 0 bridgehead atoms. The molecule has 3 heterocycles. The van der Waals surface area contributed by atoms with Crippen LogP contribution in [0.3, 0.4) is 0 Å². The molecule has 162 valence electrons. The summed E-state index contributed by atoms with van der Waals surface area (Å²) in [6.45, 7) is 3.51. The Morgan fingerprint density at radius 2 is 1.77 bits per heavy atom. The zero-order valence-electron chi connectivity index (χ0n) is 16.8. The average molecular weight is 429 g/mol. The van der Waals surface area contributed by atoms with Crippen molar-refractivity contribution in [2.24, 2.45) is 0 Å². The van der Waals surface area contributed by atoms with E-state index in [0.717, 1.165) is 31.9 Å². The largest absolute Gasteiger partial charge is 0.369 e. The summed E-state index contributed by atoms with van der Waals surface area (Å²) >= 11 is 0. The second-order valence-corrected chi connectivity index (χ2v) is 7.84. The van der Waals surface area contributed by atoms with Crippen LogP contribution in [0.15, 0.2) is 42.9 Å².